The number of carbonyl (C=O) groups excluding carboxylic acids is 1. The van der Waals surface area contributed by atoms with Crippen molar-refractivity contribution in [2.45, 2.75) is 12.6 Å². The zero-order valence-corrected chi connectivity index (χ0v) is 9.28. The Morgan fingerprint density at radius 2 is 2.25 bits per heavy atom. The predicted octanol–water partition coefficient (Wildman–Crippen LogP) is 2.51. The molecule has 0 saturated carbocycles. The maximum atomic E-state index is 11.0. The number of carbonyl (C=O) groups is 1. The van der Waals surface area contributed by atoms with Crippen LogP contribution in [0, 0.1) is 0 Å². The molecule has 0 amide bonds. The fraction of sp³-hybridized carbons (Fsp3) is 0.250. The molecular formula is C12H10ClNO2. The predicted molar refractivity (Wildman–Crippen MR) is 62.1 cm³/mol. The Morgan fingerprint density at radius 1 is 1.50 bits per heavy atom. The number of aldehydes is 1. The molecule has 0 N–H and O–H groups in total. The number of halogens is 1. The van der Waals surface area contributed by atoms with E-state index in [4.69, 9.17) is 16.3 Å². The average Bonchev–Trinajstić information content (AvgIpc) is 3.07. The Hall–Kier alpha value is -1.32. The molecule has 0 aliphatic carbocycles. The number of ether oxygens (including phenoxy) is 1. The minimum absolute atomic E-state index is 0.243. The summed E-state index contributed by atoms with van der Waals surface area (Å²) in [7, 11) is 0. The summed E-state index contributed by atoms with van der Waals surface area (Å²) >= 11 is 6.20. The van der Waals surface area contributed by atoms with E-state index in [0.29, 0.717) is 17.3 Å². The summed E-state index contributed by atoms with van der Waals surface area (Å²) in [5.74, 6) is 0. The Balaban J connectivity index is 2.23. The molecular weight excluding hydrogens is 226 g/mol. The van der Waals surface area contributed by atoms with Crippen molar-refractivity contribution in [3.63, 3.8) is 0 Å². The number of hydrogen-bond acceptors (Lipinski definition) is 2. The van der Waals surface area contributed by atoms with Crippen molar-refractivity contribution in [1.29, 1.82) is 0 Å². The first-order chi connectivity index (χ1) is 7.81. The van der Waals surface area contributed by atoms with Gasteiger partial charge in [0.1, 0.15) is 5.15 Å². The van der Waals surface area contributed by atoms with Gasteiger partial charge < -0.3 is 9.30 Å². The lowest BCUT2D eigenvalue weighted by molar-refractivity contribution is 0.112. The third-order valence-electron chi connectivity index (χ3n) is 2.85. The van der Waals surface area contributed by atoms with Crippen molar-refractivity contribution < 1.29 is 9.53 Å². The monoisotopic (exact) mass is 235 g/mol. The van der Waals surface area contributed by atoms with Crippen molar-refractivity contribution in [2.75, 3.05) is 6.61 Å². The molecule has 1 unspecified atom stereocenters. The normalized spacial score (nSPS) is 18.9. The second-order valence-electron chi connectivity index (χ2n) is 3.91. The quantitative estimate of drug-likeness (QED) is 0.605. The number of rotatable bonds is 3. The van der Waals surface area contributed by atoms with Gasteiger partial charge in [-0.1, -0.05) is 29.8 Å². The number of epoxide rings is 1. The van der Waals surface area contributed by atoms with E-state index < -0.39 is 0 Å². The molecule has 1 aromatic carbocycles. The van der Waals surface area contributed by atoms with Gasteiger partial charge in [0.2, 0.25) is 0 Å². The minimum Gasteiger partial charge on any atom is -0.371 e. The largest absolute Gasteiger partial charge is 0.371 e. The van der Waals surface area contributed by atoms with E-state index in [1.807, 2.05) is 28.8 Å². The highest BCUT2D eigenvalue weighted by Gasteiger charge is 2.25. The van der Waals surface area contributed by atoms with Crippen LogP contribution < -0.4 is 0 Å². The number of para-hydroxylation sites is 1. The molecule has 3 rings (SSSR count). The standard InChI is InChI=1S/C12H10ClNO2/c13-12-10(6-15)9-3-1-2-4-11(9)14(12)5-8-7-16-8/h1-4,6,8H,5,7H2. The first-order valence-corrected chi connectivity index (χ1v) is 5.52. The van der Waals surface area contributed by atoms with Crippen molar-refractivity contribution in [3.8, 4) is 0 Å². The van der Waals surface area contributed by atoms with Gasteiger partial charge in [-0.05, 0) is 6.07 Å². The molecule has 2 heterocycles. The third-order valence-corrected chi connectivity index (χ3v) is 3.26. The maximum Gasteiger partial charge on any atom is 0.153 e. The van der Waals surface area contributed by atoms with Crippen LogP contribution in [-0.4, -0.2) is 23.6 Å². The number of aromatic nitrogens is 1. The molecule has 3 nitrogen and oxygen atoms in total. The minimum atomic E-state index is 0.243. The van der Waals surface area contributed by atoms with Crippen LogP contribution >= 0.6 is 11.6 Å². The molecule has 1 aliphatic rings. The summed E-state index contributed by atoms with van der Waals surface area (Å²) in [5, 5.41) is 1.41. The number of hydrogen-bond donors (Lipinski definition) is 0. The number of benzene rings is 1. The molecule has 1 atom stereocenters. The lowest BCUT2D eigenvalue weighted by Crippen LogP contribution is -2.03. The number of fused-ring (bicyclic) bond motifs is 1. The maximum absolute atomic E-state index is 11.0. The highest BCUT2D eigenvalue weighted by atomic mass is 35.5. The molecule has 4 heteroatoms. The lowest BCUT2D eigenvalue weighted by Gasteiger charge is -2.03. The van der Waals surface area contributed by atoms with Gasteiger partial charge in [-0.25, -0.2) is 0 Å². The van der Waals surface area contributed by atoms with Crippen LogP contribution in [0.25, 0.3) is 10.9 Å². The molecule has 1 fully saturated rings. The Kier molecular flexibility index (Phi) is 2.23. The van der Waals surface area contributed by atoms with E-state index in [1.165, 1.54) is 0 Å². The molecule has 0 radical (unpaired) electrons. The first-order valence-electron chi connectivity index (χ1n) is 5.15. The van der Waals surface area contributed by atoms with Crippen molar-refractivity contribution >= 4 is 28.8 Å². The average molecular weight is 236 g/mol. The van der Waals surface area contributed by atoms with E-state index >= 15 is 0 Å². The number of nitrogens with zero attached hydrogens (tertiary/aromatic N) is 1. The molecule has 16 heavy (non-hydrogen) atoms. The topological polar surface area (TPSA) is 34.5 Å². The summed E-state index contributed by atoms with van der Waals surface area (Å²) in [6.07, 6.45) is 1.06. The second kappa shape index (κ2) is 3.61. The molecule has 1 aromatic heterocycles. The van der Waals surface area contributed by atoms with Gasteiger partial charge in [0.15, 0.2) is 6.29 Å². The molecule has 0 bridgehead atoms. The molecule has 0 spiro atoms. The van der Waals surface area contributed by atoms with Crippen molar-refractivity contribution in [2.24, 2.45) is 0 Å². The van der Waals surface area contributed by atoms with Crippen LogP contribution in [0.3, 0.4) is 0 Å². The Morgan fingerprint density at radius 3 is 2.94 bits per heavy atom. The first kappa shape index (κ1) is 9.87. The van der Waals surface area contributed by atoms with E-state index in [9.17, 15) is 4.79 Å². The molecule has 2 aromatic rings. The SMILES string of the molecule is O=Cc1c(Cl)n(CC2CO2)c2ccccc12. The fourth-order valence-electron chi connectivity index (χ4n) is 1.97. The lowest BCUT2D eigenvalue weighted by atomic mass is 10.2. The summed E-state index contributed by atoms with van der Waals surface area (Å²) in [4.78, 5) is 11.0. The Labute approximate surface area is 97.6 Å². The van der Waals surface area contributed by atoms with Crippen molar-refractivity contribution in [1.82, 2.24) is 4.57 Å². The molecule has 1 aliphatic heterocycles. The third kappa shape index (κ3) is 1.44. The van der Waals surface area contributed by atoms with Gasteiger partial charge in [-0.15, -0.1) is 0 Å². The summed E-state index contributed by atoms with van der Waals surface area (Å²) in [6.45, 7) is 1.49. The highest BCUT2D eigenvalue weighted by molar-refractivity contribution is 6.34. The smallest absolute Gasteiger partial charge is 0.153 e. The van der Waals surface area contributed by atoms with Crippen LogP contribution in [0.1, 0.15) is 10.4 Å². The summed E-state index contributed by atoms with van der Waals surface area (Å²) in [5.41, 5.74) is 1.56. The van der Waals surface area contributed by atoms with E-state index in [1.54, 1.807) is 0 Å². The van der Waals surface area contributed by atoms with Gasteiger partial charge in [-0.2, -0.15) is 0 Å². The summed E-state index contributed by atoms with van der Waals surface area (Å²) < 4.78 is 7.13. The zero-order valence-electron chi connectivity index (χ0n) is 8.52. The van der Waals surface area contributed by atoms with Gasteiger partial charge in [-0.3, -0.25) is 4.79 Å². The van der Waals surface area contributed by atoms with Crippen LogP contribution in [-0.2, 0) is 11.3 Å². The van der Waals surface area contributed by atoms with E-state index in [2.05, 4.69) is 0 Å². The van der Waals surface area contributed by atoms with E-state index in [0.717, 1.165) is 23.8 Å². The van der Waals surface area contributed by atoms with E-state index in [-0.39, 0.29) is 6.10 Å². The molecule has 1 saturated heterocycles. The highest BCUT2D eigenvalue weighted by Crippen LogP contribution is 2.30. The fourth-order valence-corrected chi connectivity index (χ4v) is 2.27. The van der Waals surface area contributed by atoms with Gasteiger partial charge in [0, 0.05) is 5.39 Å². The van der Waals surface area contributed by atoms with Gasteiger partial charge in [0.05, 0.1) is 30.3 Å². The van der Waals surface area contributed by atoms with Crippen molar-refractivity contribution in [3.05, 3.63) is 35.0 Å². The van der Waals surface area contributed by atoms with Crippen LogP contribution in [0.5, 0.6) is 0 Å². The van der Waals surface area contributed by atoms with Crippen LogP contribution in [0.4, 0.5) is 0 Å². The summed E-state index contributed by atoms with van der Waals surface area (Å²) in [6, 6.07) is 7.73. The van der Waals surface area contributed by atoms with Crippen LogP contribution in [0.2, 0.25) is 5.15 Å². The van der Waals surface area contributed by atoms with Gasteiger partial charge in [0.25, 0.3) is 0 Å². The zero-order chi connectivity index (χ0) is 11.1. The van der Waals surface area contributed by atoms with Crippen LogP contribution in [0.15, 0.2) is 24.3 Å². The molecule has 82 valence electrons. The second-order valence-corrected chi connectivity index (χ2v) is 4.26. The Bertz CT molecular complexity index is 557. The van der Waals surface area contributed by atoms with Gasteiger partial charge >= 0.3 is 0 Å².